The maximum Gasteiger partial charge on any atom is 0.240 e. The van der Waals surface area contributed by atoms with E-state index in [1.807, 2.05) is 26.0 Å². The predicted molar refractivity (Wildman–Crippen MR) is 83.3 cm³/mol. The van der Waals surface area contributed by atoms with Crippen molar-refractivity contribution in [1.82, 2.24) is 4.72 Å². The highest BCUT2D eigenvalue weighted by Gasteiger charge is 2.18. The third-order valence-corrected chi connectivity index (χ3v) is 5.31. The van der Waals surface area contributed by atoms with Crippen LogP contribution in [0.5, 0.6) is 0 Å². The van der Waals surface area contributed by atoms with E-state index in [0.29, 0.717) is 17.4 Å². The Morgan fingerprint density at radius 1 is 1.32 bits per heavy atom. The molecular weight excluding hydrogens is 326 g/mol. The van der Waals surface area contributed by atoms with Gasteiger partial charge in [0.1, 0.15) is 0 Å². The number of sulfonamides is 1. The molecule has 1 N–H and O–H groups in total. The first-order valence-corrected chi connectivity index (χ1v) is 9.14. The first-order valence-electron chi connectivity index (χ1n) is 6.53. The zero-order valence-corrected chi connectivity index (χ0v) is 14.1. The number of benzene rings is 1. The lowest BCUT2D eigenvalue weighted by Crippen LogP contribution is -2.30. The summed E-state index contributed by atoms with van der Waals surface area (Å²) in [6, 6.07) is 5.50. The van der Waals surface area contributed by atoms with E-state index in [-0.39, 0.29) is 0 Å². The smallest absolute Gasteiger partial charge is 0.211 e. The van der Waals surface area contributed by atoms with Crippen molar-refractivity contribution in [2.45, 2.75) is 38.5 Å². The predicted octanol–water partition coefficient (Wildman–Crippen LogP) is 3.39. The standard InChI is InChI=1S/C14H22BrNO2S/c1-4-13(7-8-15)10-16-19(17,18)14-9-11(2)5-6-12(14)3/h5-6,9,13,16H,4,7-8,10H2,1-3H3. The van der Waals surface area contributed by atoms with Crippen LogP contribution in [0.2, 0.25) is 0 Å². The fourth-order valence-corrected chi connectivity index (χ4v) is 4.00. The number of hydrogen-bond acceptors (Lipinski definition) is 2. The molecule has 0 saturated heterocycles. The minimum atomic E-state index is -3.40. The van der Waals surface area contributed by atoms with Gasteiger partial charge in [0.05, 0.1) is 4.90 Å². The van der Waals surface area contributed by atoms with E-state index in [2.05, 4.69) is 27.6 Å². The van der Waals surface area contributed by atoms with Gasteiger partial charge >= 0.3 is 0 Å². The third kappa shape index (κ3) is 4.89. The van der Waals surface area contributed by atoms with E-state index in [1.165, 1.54) is 0 Å². The average Bonchev–Trinajstić information content (AvgIpc) is 2.37. The van der Waals surface area contributed by atoms with Crippen molar-refractivity contribution in [2.75, 3.05) is 11.9 Å². The SMILES string of the molecule is CCC(CCBr)CNS(=O)(=O)c1cc(C)ccc1C. The van der Waals surface area contributed by atoms with Gasteiger partial charge in [-0.2, -0.15) is 0 Å². The molecule has 108 valence electrons. The maximum atomic E-state index is 12.3. The van der Waals surface area contributed by atoms with Gasteiger partial charge in [0.15, 0.2) is 0 Å². The highest BCUT2D eigenvalue weighted by atomic mass is 79.9. The molecule has 1 atom stereocenters. The van der Waals surface area contributed by atoms with Gasteiger partial charge in [-0.1, -0.05) is 41.4 Å². The molecule has 0 aliphatic heterocycles. The summed E-state index contributed by atoms with van der Waals surface area (Å²) < 4.78 is 27.3. The van der Waals surface area contributed by atoms with Crippen LogP contribution in [0, 0.1) is 19.8 Å². The largest absolute Gasteiger partial charge is 0.240 e. The molecule has 0 spiro atoms. The summed E-state index contributed by atoms with van der Waals surface area (Å²) in [5.74, 6) is 0.374. The number of nitrogens with one attached hydrogen (secondary N) is 1. The molecule has 1 aromatic carbocycles. The molecule has 0 saturated carbocycles. The quantitative estimate of drug-likeness (QED) is 0.768. The van der Waals surface area contributed by atoms with Crippen molar-refractivity contribution < 1.29 is 8.42 Å². The second-order valence-electron chi connectivity index (χ2n) is 4.87. The van der Waals surface area contributed by atoms with Crippen molar-refractivity contribution in [3.8, 4) is 0 Å². The van der Waals surface area contributed by atoms with E-state index in [9.17, 15) is 8.42 Å². The monoisotopic (exact) mass is 347 g/mol. The average molecular weight is 348 g/mol. The van der Waals surface area contributed by atoms with Crippen LogP contribution in [-0.4, -0.2) is 20.3 Å². The Morgan fingerprint density at radius 2 is 2.00 bits per heavy atom. The van der Waals surface area contributed by atoms with Crippen LogP contribution in [0.25, 0.3) is 0 Å². The van der Waals surface area contributed by atoms with Crippen molar-refractivity contribution >= 4 is 26.0 Å². The number of aryl methyl sites for hydroxylation is 2. The topological polar surface area (TPSA) is 46.2 Å². The molecule has 1 rings (SSSR count). The van der Waals surface area contributed by atoms with Crippen LogP contribution in [0.3, 0.4) is 0 Å². The molecule has 19 heavy (non-hydrogen) atoms. The molecular formula is C14H22BrNO2S. The van der Waals surface area contributed by atoms with E-state index < -0.39 is 10.0 Å². The minimum absolute atomic E-state index is 0.374. The van der Waals surface area contributed by atoms with E-state index in [0.717, 1.165) is 29.3 Å². The van der Waals surface area contributed by atoms with Gasteiger partial charge in [-0.3, -0.25) is 0 Å². The minimum Gasteiger partial charge on any atom is -0.211 e. The summed E-state index contributed by atoms with van der Waals surface area (Å²) in [4.78, 5) is 0.390. The second-order valence-corrected chi connectivity index (χ2v) is 7.40. The maximum absolute atomic E-state index is 12.3. The molecule has 1 aromatic rings. The third-order valence-electron chi connectivity index (χ3n) is 3.29. The zero-order chi connectivity index (χ0) is 14.5. The Kier molecular flexibility index (Phi) is 6.50. The highest BCUT2D eigenvalue weighted by Crippen LogP contribution is 2.17. The highest BCUT2D eigenvalue weighted by molar-refractivity contribution is 9.09. The first kappa shape index (κ1) is 16.7. The summed E-state index contributed by atoms with van der Waals surface area (Å²) in [5.41, 5.74) is 1.74. The molecule has 0 aliphatic rings. The summed E-state index contributed by atoms with van der Waals surface area (Å²) in [7, 11) is -3.40. The molecule has 0 radical (unpaired) electrons. The van der Waals surface area contributed by atoms with E-state index in [4.69, 9.17) is 0 Å². The van der Waals surface area contributed by atoms with Crippen LogP contribution < -0.4 is 4.72 Å². The number of halogens is 1. The lowest BCUT2D eigenvalue weighted by molar-refractivity contribution is 0.483. The fraction of sp³-hybridized carbons (Fsp3) is 0.571. The Bertz CT molecular complexity index is 514. The molecule has 3 nitrogen and oxygen atoms in total. The van der Waals surface area contributed by atoms with Crippen LogP contribution in [0.1, 0.15) is 30.9 Å². The van der Waals surface area contributed by atoms with Crippen LogP contribution >= 0.6 is 15.9 Å². The van der Waals surface area contributed by atoms with Crippen molar-refractivity contribution in [1.29, 1.82) is 0 Å². The summed E-state index contributed by atoms with van der Waals surface area (Å²) in [6.45, 7) is 6.30. The van der Waals surface area contributed by atoms with Gasteiger partial charge in [-0.15, -0.1) is 0 Å². The van der Waals surface area contributed by atoms with Crippen LogP contribution in [0.4, 0.5) is 0 Å². The van der Waals surface area contributed by atoms with Gasteiger partial charge in [-0.25, -0.2) is 13.1 Å². The summed E-state index contributed by atoms with van der Waals surface area (Å²) >= 11 is 3.40. The first-order chi connectivity index (χ1) is 8.90. The van der Waals surface area contributed by atoms with E-state index >= 15 is 0 Å². The Labute approximate surface area is 125 Å². The van der Waals surface area contributed by atoms with Crippen molar-refractivity contribution in [3.63, 3.8) is 0 Å². The van der Waals surface area contributed by atoms with Gasteiger partial charge in [0, 0.05) is 11.9 Å². The summed E-state index contributed by atoms with van der Waals surface area (Å²) in [5, 5.41) is 0.900. The molecule has 0 aromatic heterocycles. The van der Waals surface area contributed by atoms with Crippen molar-refractivity contribution in [2.24, 2.45) is 5.92 Å². The molecule has 0 fully saturated rings. The Hall–Kier alpha value is -0.390. The second kappa shape index (κ2) is 7.41. The van der Waals surface area contributed by atoms with Crippen LogP contribution in [0.15, 0.2) is 23.1 Å². The Balaban J connectivity index is 2.83. The van der Waals surface area contributed by atoms with Gasteiger partial charge < -0.3 is 0 Å². The van der Waals surface area contributed by atoms with Gasteiger partial charge in [0.2, 0.25) is 10.0 Å². The molecule has 0 amide bonds. The van der Waals surface area contributed by atoms with E-state index in [1.54, 1.807) is 6.07 Å². The lowest BCUT2D eigenvalue weighted by atomic mass is 10.0. The van der Waals surface area contributed by atoms with Crippen molar-refractivity contribution in [3.05, 3.63) is 29.3 Å². The van der Waals surface area contributed by atoms with Gasteiger partial charge in [-0.05, 0) is 43.4 Å². The molecule has 1 unspecified atom stereocenters. The molecule has 0 aliphatic carbocycles. The van der Waals surface area contributed by atoms with Crippen LogP contribution in [-0.2, 0) is 10.0 Å². The summed E-state index contributed by atoms with van der Waals surface area (Å²) in [6.07, 6.45) is 1.95. The lowest BCUT2D eigenvalue weighted by Gasteiger charge is -2.15. The fourth-order valence-electron chi connectivity index (χ4n) is 1.91. The number of rotatable bonds is 7. The number of hydrogen-bond donors (Lipinski definition) is 1. The molecule has 0 heterocycles. The van der Waals surface area contributed by atoms with Gasteiger partial charge in [0.25, 0.3) is 0 Å². The normalized spacial score (nSPS) is 13.5. The molecule has 5 heteroatoms. The Morgan fingerprint density at radius 3 is 2.58 bits per heavy atom. The zero-order valence-electron chi connectivity index (χ0n) is 11.7. The number of alkyl halides is 1. The molecule has 0 bridgehead atoms.